The van der Waals surface area contributed by atoms with E-state index in [1.165, 1.54) is 19.1 Å². The number of hydrogen-bond acceptors (Lipinski definition) is 9. The molecule has 0 amide bonds. The molecule has 1 N–H and O–H groups in total. The molecule has 184 valence electrons. The highest BCUT2D eigenvalue weighted by Gasteiger charge is 2.23. The van der Waals surface area contributed by atoms with Gasteiger partial charge in [0.05, 0.1) is 24.8 Å². The van der Waals surface area contributed by atoms with Crippen LogP contribution in [0.5, 0.6) is 5.75 Å². The average molecular weight is 499 g/mol. The third-order valence-corrected chi connectivity index (χ3v) is 5.73. The van der Waals surface area contributed by atoms with E-state index in [-0.39, 0.29) is 10.6 Å². The molecule has 0 aromatic heterocycles. The van der Waals surface area contributed by atoms with Crippen molar-refractivity contribution < 1.29 is 45.2 Å². The molecule has 1 unspecified atom stereocenters. The van der Waals surface area contributed by atoms with Crippen molar-refractivity contribution in [2.45, 2.75) is 24.8 Å². The number of carbonyl (C=O) groups excluding carboxylic acids is 2. The Morgan fingerprint density at radius 1 is 1.03 bits per heavy atom. The van der Waals surface area contributed by atoms with E-state index in [2.05, 4.69) is 14.8 Å². The number of carbonyl (C=O) groups is 2. The zero-order valence-electron chi connectivity index (χ0n) is 18.8. The number of ether oxygens (including phenoxy) is 3. The fraction of sp³-hybridized carbons (Fsp3) is 0.273. The van der Waals surface area contributed by atoms with E-state index in [4.69, 9.17) is 8.92 Å². The van der Waals surface area contributed by atoms with Gasteiger partial charge in [0.1, 0.15) is 12.7 Å². The first-order valence-corrected chi connectivity index (χ1v) is 11.1. The van der Waals surface area contributed by atoms with Crippen molar-refractivity contribution in [3.8, 4) is 5.75 Å². The summed E-state index contributed by atoms with van der Waals surface area (Å²) in [6, 6.07) is 7.82. The van der Waals surface area contributed by atoms with Crippen molar-refractivity contribution in [2.24, 2.45) is 0 Å². The molecule has 0 aliphatic heterocycles. The molecule has 1 atom stereocenters. The van der Waals surface area contributed by atoms with Crippen molar-refractivity contribution in [3.63, 3.8) is 0 Å². The number of hydrogen-bond donors (Lipinski definition) is 1. The van der Waals surface area contributed by atoms with Gasteiger partial charge in [-0.1, -0.05) is 17.7 Å². The molecule has 0 fully saturated rings. The summed E-state index contributed by atoms with van der Waals surface area (Å²) in [4.78, 5) is 23.4. The van der Waals surface area contributed by atoms with Crippen molar-refractivity contribution in [1.82, 2.24) is 0 Å². The standard InChI is InChI=1S/C22H23F2NO8S/c1-13-5-7-15(8-6-13)34(28,29)33-14(2)12-32-20-18(10-9-17(23)19(20)24)25-11-16(21(26)30-3)22(27)31-4/h5-11,14,25H,12H2,1-4H3. The summed E-state index contributed by atoms with van der Waals surface area (Å²) < 4.78 is 72.3. The molecule has 9 nitrogen and oxygen atoms in total. The Balaban J connectivity index is 2.21. The minimum Gasteiger partial charge on any atom is -0.485 e. The fourth-order valence-electron chi connectivity index (χ4n) is 2.56. The van der Waals surface area contributed by atoms with Crippen LogP contribution in [0, 0.1) is 18.6 Å². The third-order valence-electron chi connectivity index (χ3n) is 4.30. The van der Waals surface area contributed by atoms with Crippen LogP contribution in [0.3, 0.4) is 0 Å². The third kappa shape index (κ3) is 6.75. The molecule has 0 saturated carbocycles. The molecule has 0 heterocycles. The van der Waals surface area contributed by atoms with Crippen LogP contribution in [-0.4, -0.2) is 47.3 Å². The quantitative estimate of drug-likeness (QED) is 0.173. The molecule has 34 heavy (non-hydrogen) atoms. The Bertz CT molecular complexity index is 1160. The van der Waals surface area contributed by atoms with Gasteiger partial charge in [0, 0.05) is 6.20 Å². The van der Waals surface area contributed by atoms with Gasteiger partial charge >= 0.3 is 11.9 Å². The molecule has 2 rings (SSSR count). The zero-order valence-corrected chi connectivity index (χ0v) is 19.6. The number of anilines is 1. The van der Waals surface area contributed by atoms with Gasteiger partial charge < -0.3 is 19.5 Å². The summed E-state index contributed by atoms with van der Waals surface area (Å²) in [6.45, 7) is 2.68. The lowest BCUT2D eigenvalue weighted by Gasteiger charge is -2.17. The Kier molecular flexibility index (Phi) is 9.10. The van der Waals surface area contributed by atoms with E-state index in [1.54, 1.807) is 19.1 Å². The van der Waals surface area contributed by atoms with Crippen LogP contribution in [0.1, 0.15) is 12.5 Å². The number of nitrogens with one attached hydrogen (secondary N) is 1. The molecule has 0 spiro atoms. The highest BCUT2D eigenvalue weighted by atomic mass is 32.2. The SMILES string of the molecule is COC(=O)C(=CNc1ccc(F)c(F)c1OCC(C)OS(=O)(=O)c1ccc(C)cc1)C(=O)OC. The predicted molar refractivity (Wildman–Crippen MR) is 117 cm³/mol. The summed E-state index contributed by atoms with van der Waals surface area (Å²) >= 11 is 0. The Morgan fingerprint density at radius 3 is 2.18 bits per heavy atom. The second-order valence-corrected chi connectivity index (χ2v) is 8.48. The molecule has 0 radical (unpaired) electrons. The summed E-state index contributed by atoms with van der Waals surface area (Å²) in [7, 11) is -2.05. The van der Waals surface area contributed by atoms with Gasteiger partial charge in [-0.3, -0.25) is 4.18 Å². The number of methoxy groups -OCH3 is 2. The van der Waals surface area contributed by atoms with Crippen molar-refractivity contribution in [2.75, 3.05) is 26.1 Å². The molecule has 0 aliphatic carbocycles. The first-order chi connectivity index (χ1) is 16.0. The second kappa shape index (κ2) is 11.6. The van der Waals surface area contributed by atoms with Gasteiger partial charge in [-0.05, 0) is 38.1 Å². The van der Waals surface area contributed by atoms with E-state index in [0.29, 0.717) is 0 Å². The van der Waals surface area contributed by atoms with Crippen LogP contribution in [0.15, 0.2) is 53.1 Å². The molecule has 0 saturated heterocycles. The Morgan fingerprint density at radius 2 is 1.62 bits per heavy atom. The van der Waals surface area contributed by atoms with Crippen LogP contribution < -0.4 is 10.1 Å². The lowest BCUT2D eigenvalue weighted by Crippen LogP contribution is -2.23. The number of benzene rings is 2. The van der Waals surface area contributed by atoms with Crippen molar-refractivity contribution >= 4 is 27.7 Å². The van der Waals surface area contributed by atoms with Gasteiger partial charge in [0.25, 0.3) is 10.1 Å². The lowest BCUT2D eigenvalue weighted by molar-refractivity contribution is -0.144. The van der Waals surface area contributed by atoms with Crippen LogP contribution in [-0.2, 0) is 33.4 Å². The van der Waals surface area contributed by atoms with Crippen LogP contribution in [0.2, 0.25) is 0 Å². The van der Waals surface area contributed by atoms with E-state index < -0.39 is 57.7 Å². The fourth-order valence-corrected chi connectivity index (χ4v) is 3.63. The van der Waals surface area contributed by atoms with Crippen molar-refractivity contribution in [1.29, 1.82) is 0 Å². The number of esters is 2. The minimum absolute atomic E-state index is 0.0764. The molecular formula is C22H23F2NO8S. The molecular weight excluding hydrogens is 476 g/mol. The minimum atomic E-state index is -4.13. The van der Waals surface area contributed by atoms with E-state index in [9.17, 15) is 26.8 Å². The van der Waals surface area contributed by atoms with Crippen LogP contribution in [0.25, 0.3) is 0 Å². The van der Waals surface area contributed by atoms with Gasteiger partial charge in [-0.2, -0.15) is 12.8 Å². The maximum atomic E-state index is 14.4. The van der Waals surface area contributed by atoms with Crippen molar-refractivity contribution in [3.05, 3.63) is 65.4 Å². The van der Waals surface area contributed by atoms with Crippen LogP contribution in [0.4, 0.5) is 14.5 Å². The smallest absolute Gasteiger partial charge is 0.346 e. The van der Waals surface area contributed by atoms with Gasteiger partial charge in [-0.25, -0.2) is 14.0 Å². The van der Waals surface area contributed by atoms with Gasteiger partial charge in [0.2, 0.25) is 5.82 Å². The average Bonchev–Trinajstić information content (AvgIpc) is 2.80. The number of aryl methyl sites for hydroxylation is 1. The Labute approximate surface area is 195 Å². The maximum Gasteiger partial charge on any atom is 0.346 e. The second-order valence-electron chi connectivity index (χ2n) is 6.91. The highest BCUT2D eigenvalue weighted by molar-refractivity contribution is 7.86. The van der Waals surface area contributed by atoms with E-state index >= 15 is 0 Å². The Hall–Kier alpha value is -3.51. The summed E-state index contributed by atoms with van der Waals surface area (Å²) in [5.41, 5.74) is 0.132. The number of halogens is 2. The molecule has 2 aromatic carbocycles. The highest BCUT2D eigenvalue weighted by Crippen LogP contribution is 2.30. The summed E-state index contributed by atoms with van der Waals surface area (Å²) in [5.74, 6) is -5.33. The zero-order chi connectivity index (χ0) is 25.5. The summed E-state index contributed by atoms with van der Waals surface area (Å²) in [5, 5.41) is 2.46. The normalized spacial score (nSPS) is 11.8. The molecule has 2 aromatic rings. The molecule has 0 bridgehead atoms. The predicted octanol–water partition coefficient (Wildman–Crippen LogP) is 3.09. The monoisotopic (exact) mass is 499 g/mol. The van der Waals surface area contributed by atoms with Crippen LogP contribution >= 0.6 is 0 Å². The molecule has 12 heteroatoms. The molecule has 0 aliphatic rings. The van der Waals surface area contributed by atoms with E-state index in [1.807, 2.05) is 0 Å². The van der Waals surface area contributed by atoms with Gasteiger partial charge in [0.15, 0.2) is 17.1 Å². The largest absolute Gasteiger partial charge is 0.485 e. The summed E-state index contributed by atoms with van der Waals surface area (Å²) in [6.07, 6.45) is -0.211. The first kappa shape index (κ1) is 26.7. The number of rotatable bonds is 10. The topological polar surface area (TPSA) is 117 Å². The van der Waals surface area contributed by atoms with E-state index in [0.717, 1.165) is 38.1 Å². The first-order valence-electron chi connectivity index (χ1n) is 9.74. The maximum absolute atomic E-state index is 14.4. The van der Waals surface area contributed by atoms with Gasteiger partial charge in [-0.15, -0.1) is 0 Å². The lowest BCUT2D eigenvalue weighted by atomic mass is 10.2.